The highest BCUT2D eigenvalue weighted by Crippen LogP contribution is 2.48. The van der Waals surface area contributed by atoms with Crippen LogP contribution < -0.4 is 0 Å². The van der Waals surface area contributed by atoms with Crippen LogP contribution in [0.4, 0.5) is 0 Å². The number of pyridine rings is 1. The summed E-state index contributed by atoms with van der Waals surface area (Å²) >= 11 is 0. The van der Waals surface area contributed by atoms with E-state index in [1.54, 1.807) is 12.4 Å². The first kappa shape index (κ1) is 112. The summed E-state index contributed by atoms with van der Waals surface area (Å²) < 4.78 is 0. The molecule has 1 nitrogen and oxygen atoms in total. The molecule has 0 spiro atoms. The van der Waals surface area contributed by atoms with Crippen molar-refractivity contribution in [3.05, 3.63) is 352 Å². The first-order valence-corrected chi connectivity index (χ1v) is 44.5. The summed E-state index contributed by atoms with van der Waals surface area (Å²) in [6.07, 6.45) is 7.24. The van der Waals surface area contributed by atoms with Crippen LogP contribution in [-0.4, -0.2) is 4.98 Å². The Morgan fingerprint density at radius 3 is 0.852 bits per heavy atom. The zero-order chi connectivity index (χ0) is 88.4. The zero-order valence-electron chi connectivity index (χ0n) is 80.1. The molecule has 1 heteroatoms. The SMILES string of the molecule is CC.CC.CC.CC.CC.CC.CC.CC.CC.CC.CC.CC.CCCC.Cc1ccc(C)c2cc3ccccc3cc12.Cc1ccc(C)c2ccccc12.Cc1ccc2c(c1)C(C)(C)c1ccccc1-2.Cc1ccc2c(c1)Cc1cc(C)ccc1-2.Cc1ccc2c(ccc3cc(C)ccc32)c1.c1ccccc1.c1ccncc1. The van der Waals surface area contributed by atoms with E-state index in [1.165, 1.54) is 161 Å². The van der Waals surface area contributed by atoms with Gasteiger partial charge in [0.25, 0.3) is 0 Å². The second-order valence-electron chi connectivity index (χ2n) is 25.1. The van der Waals surface area contributed by atoms with Crippen LogP contribution in [0.3, 0.4) is 0 Å². The third-order valence-corrected chi connectivity index (χ3v) is 17.5. The van der Waals surface area contributed by atoms with Crippen LogP contribution in [0.1, 0.15) is 279 Å². The molecular weight excluding hydrogens is 1380 g/mol. The molecule has 1 heterocycles. The molecule has 2 aliphatic carbocycles. The van der Waals surface area contributed by atoms with E-state index in [0.29, 0.717) is 0 Å². The minimum Gasteiger partial charge on any atom is -0.265 e. The highest BCUT2D eigenvalue weighted by Gasteiger charge is 2.34. The van der Waals surface area contributed by atoms with Crippen LogP contribution in [-0.2, 0) is 11.8 Å². The molecule has 0 unspecified atom stereocenters. The van der Waals surface area contributed by atoms with E-state index in [2.05, 4.69) is 307 Å². The van der Waals surface area contributed by atoms with Gasteiger partial charge in [-0.05, 0) is 214 Å². The Labute approximate surface area is 709 Å². The maximum atomic E-state index is 3.78. The highest BCUT2D eigenvalue weighted by atomic mass is 14.6. The third kappa shape index (κ3) is 36.8. The molecule has 0 aliphatic heterocycles. The van der Waals surface area contributed by atoms with Crippen LogP contribution in [0, 0.1) is 62.3 Å². The van der Waals surface area contributed by atoms with E-state index in [0.717, 1.165) is 6.42 Å². The Morgan fingerprint density at radius 1 is 0.226 bits per heavy atom. The molecule has 624 valence electrons. The van der Waals surface area contributed by atoms with E-state index in [4.69, 9.17) is 0 Å². The van der Waals surface area contributed by atoms with Crippen molar-refractivity contribution in [1.82, 2.24) is 4.98 Å². The third-order valence-electron chi connectivity index (χ3n) is 17.5. The number of aryl methyl sites for hydroxylation is 9. The van der Waals surface area contributed by atoms with Crippen molar-refractivity contribution in [2.75, 3.05) is 0 Å². The number of benzene rings is 13. The van der Waals surface area contributed by atoms with Crippen molar-refractivity contribution in [3.8, 4) is 22.3 Å². The van der Waals surface area contributed by atoms with Crippen LogP contribution in [0.5, 0.6) is 0 Å². The smallest absolute Gasteiger partial charge is 0.0267 e. The number of hydrogen-bond acceptors (Lipinski definition) is 1. The standard InChI is InChI=1S/C16H14.C16H16.C16H14.C15H14.C12H12.C6H6.C5H5N.C4H10.12C2H6/c1-11-3-7-15-13(9-11)5-6-14-10-12(2)4-8-16(14)15;1-11-8-9-13-12-6-4-5-7-14(12)16(2,3)15(13)10-11;1-11-7-8-12(2)16-10-14-6-4-3-5-13(14)9-15(11)16;1-10-3-5-14-12(7-10)9-13-8-11(2)4-6-15(13)14;1-9-7-8-10(2)12-6-4-3-5-11(9)12;2*1-2-4-6-5-3-1;1-3-4-2;12*1-2/h3-10H,1-2H3;4-10H,1-3H3;3-10H,1-2H3;3-8H,9H2,1-2H3;3-8H,1-2H3;1-6H;1-5H;3-4H2,1-2H3;12*1-2H3. The molecule has 14 aromatic rings. The van der Waals surface area contributed by atoms with Gasteiger partial charge in [-0.25, -0.2) is 0 Å². The van der Waals surface area contributed by atoms with Gasteiger partial charge in [-0.2, -0.15) is 0 Å². The number of hydrogen-bond donors (Lipinski definition) is 0. The minimum atomic E-state index is 0.151. The molecule has 2 aliphatic rings. The second kappa shape index (κ2) is 68.7. The van der Waals surface area contributed by atoms with E-state index >= 15 is 0 Å². The summed E-state index contributed by atoms with van der Waals surface area (Å²) in [6.45, 7) is 76.4. The Morgan fingerprint density at radius 2 is 0.513 bits per heavy atom. The van der Waals surface area contributed by atoms with Crippen molar-refractivity contribution in [2.45, 2.75) is 281 Å². The number of nitrogens with zero attached hydrogens (tertiary/aromatic N) is 1. The molecular formula is C114H163N. The maximum absolute atomic E-state index is 3.78. The van der Waals surface area contributed by atoms with Gasteiger partial charge in [0.1, 0.15) is 0 Å². The van der Waals surface area contributed by atoms with E-state index in [9.17, 15) is 0 Å². The summed E-state index contributed by atoms with van der Waals surface area (Å²) in [5.41, 5.74) is 23.8. The molecule has 0 fully saturated rings. The fourth-order valence-electron chi connectivity index (χ4n) is 12.2. The summed E-state index contributed by atoms with van der Waals surface area (Å²) in [5, 5.41) is 13.5. The molecule has 0 radical (unpaired) electrons. The second-order valence-corrected chi connectivity index (χ2v) is 25.1. The number of fused-ring (bicyclic) bond motifs is 12. The van der Waals surface area contributed by atoms with Crippen molar-refractivity contribution in [2.24, 2.45) is 0 Å². The Bertz CT molecular complexity index is 4400. The lowest BCUT2D eigenvalue weighted by molar-refractivity contribution is 0.660. The van der Waals surface area contributed by atoms with Crippen molar-refractivity contribution >= 4 is 53.9 Å². The predicted molar refractivity (Wildman–Crippen MR) is 536 cm³/mol. The fourth-order valence-corrected chi connectivity index (χ4v) is 12.2. The van der Waals surface area contributed by atoms with Crippen LogP contribution in [0.2, 0.25) is 0 Å². The van der Waals surface area contributed by atoms with E-state index in [-0.39, 0.29) is 5.41 Å². The van der Waals surface area contributed by atoms with Crippen LogP contribution in [0.15, 0.2) is 279 Å². The summed E-state index contributed by atoms with van der Waals surface area (Å²) in [5.74, 6) is 0. The van der Waals surface area contributed by atoms with E-state index in [1.807, 2.05) is 221 Å². The molecule has 0 saturated carbocycles. The van der Waals surface area contributed by atoms with Crippen LogP contribution in [0.25, 0.3) is 76.1 Å². The molecule has 0 amide bonds. The highest BCUT2D eigenvalue weighted by molar-refractivity contribution is 6.08. The van der Waals surface area contributed by atoms with Gasteiger partial charge in [0.2, 0.25) is 0 Å². The first-order chi connectivity index (χ1) is 56.0. The molecule has 0 bridgehead atoms. The largest absolute Gasteiger partial charge is 0.265 e. The summed E-state index contributed by atoms with van der Waals surface area (Å²) in [7, 11) is 0. The lowest BCUT2D eigenvalue weighted by atomic mass is 9.82. The van der Waals surface area contributed by atoms with E-state index < -0.39 is 0 Å². The normalized spacial score (nSPS) is 9.71. The maximum Gasteiger partial charge on any atom is 0.0267 e. The lowest BCUT2D eigenvalue weighted by Crippen LogP contribution is -2.14. The zero-order valence-corrected chi connectivity index (χ0v) is 80.1. The molecule has 16 rings (SSSR count). The molecule has 0 atom stereocenters. The lowest BCUT2D eigenvalue weighted by Gasteiger charge is -2.21. The first-order valence-electron chi connectivity index (χ1n) is 44.5. The van der Waals surface area contributed by atoms with Gasteiger partial charge >= 0.3 is 0 Å². The number of aromatic nitrogens is 1. The fraction of sp³-hybridized carbons (Fsp3) is 0.360. The van der Waals surface area contributed by atoms with Gasteiger partial charge in [-0.1, -0.05) is 477 Å². The molecule has 0 saturated heterocycles. The number of unbranched alkanes of at least 4 members (excludes halogenated alkanes) is 1. The van der Waals surface area contributed by atoms with Gasteiger partial charge in [-0.15, -0.1) is 0 Å². The average molecular weight is 1550 g/mol. The minimum absolute atomic E-state index is 0.151. The topological polar surface area (TPSA) is 12.9 Å². The van der Waals surface area contributed by atoms with Gasteiger partial charge in [0.05, 0.1) is 0 Å². The quantitative estimate of drug-likeness (QED) is 0.118. The Kier molecular flexibility index (Phi) is 66.7. The van der Waals surface area contributed by atoms with Crippen molar-refractivity contribution in [3.63, 3.8) is 0 Å². The molecule has 115 heavy (non-hydrogen) atoms. The monoisotopic (exact) mass is 1550 g/mol. The van der Waals surface area contributed by atoms with Gasteiger partial charge in [-0.3, -0.25) is 4.98 Å². The molecule has 1 aromatic heterocycles. The average Bonchev–Trinajstić information content (AvgIpc) is 1.59. The molecule has 13 aromatic carbocycles. The van der Waals surface area contributed by atoms with Gasteiger partial charge < -0.3 is 0 Å². The van der Waals surface area contributed by atoms with Crippen molar-refractivity contribution in [1.29, 1.82) is 0 Å². The van der Waals surface area contributed by atoms with Gasteiger partial charge in [0, 0.05) is 17.8 Å². The Hall–Kier alpha value is -9.69. The predicted octanol–water partition coefficient (Wildman–Crippen LogP) is 37.7. The Balaban J connectivity index is -0.000000602. The molecule has 0 N–H and O–H groups in total. The van der Waals surface area contributed by atoms with Gasteiger partial charge in [0.15, 0.2) is 0 Å². The van der Waals surface area contributed by atoms with Crippen molar-refractivity contribution < 1.29 is 0 Å². The summed E-state index contributed by atoms with van der Waals surface area (Å²) in [6, 6.07) is 95.0. The summed E-state index contributed by atoms with van der Waals surface area (Å²) in [4.78, 5) is 3.78. The number of rotatable bonds is 1. The van der Waals surface area contributed by atoms with Crippen LogP contribution >= 0.6 is 0 Å².